The molecule has 3 rings (SSSR count). The predicted molar refractivity (Wildman–Crippen MR) is 79.4 cm³/mol. The van der Waals surface area contributed by atoms with Crippen LogP contribution in [0.3, 0.4) is 0 Å². The van der Waals surface area contributed by atoms with Gasteiger partial charge in [-0.2, -0.15) is 4.98 Å². The molecular weight excluding hydrogens is 300 g/mol. The molecule has 0 unspecified atom stereocenters. The van der Waals surface area contributed by atoms with Crippen LogP contribution in [0.2, 0.25) is 0 Å². The van der Waals surface area contributed by atoms with Gasteiger partial charge in [-0.15, -0.1) is 0 Å². The van der Waals surface area contributed by atoms with E-state index in [2.05, 4.69) is 20.2 Å². The van der Waals surface area contributed by atoms with Crippen molar-refractivity contribution < 1.29 is 14.1 Å². The Morgan fingerprint density at radius 3 is 2.78 bits per heavy atom. The van der Waals surface area contributed by atoms with E-state index in [0.29, 0.717) is 24.5 Å². The number of nitrogens with zero attached hydrogens (tertiary/aromatic N) is 6. The van der Waals surface area contributed by atoms with Gasteiger partial charge in [-0.1, -0.05) is 34.5 Å². The fraction of sp³-hybridized carbons (Fsp3) is 0.357. The Labute approximate surface area is 131 Å². The van der Waals surface area contributed by atoms with Crippen LogP contribution in [0.1, 0.15) is 18.4 Å². The van der Waals surface area contributed by atoms with E-state index in [0.717, 1.165) is 18.4 Å². The SMILES string of the molecule is [N-]=[N+]=NCc1ccc(-c2noc(OC(=O)N3CCCC3)n2)cc1. The highest BCUT2D eigenvalue weighted by Gasteiger charge is 2.22. The van der Waals surface area contributed by atoms with Gasteiger partial charge >= 0.3 is 12.2 Å². The highest BCUT2D eigenvalue weighted by molar-refractivity contribution is 5.70. The lowest BCUT2D eigenvalue weighted by Gasteiger charge is -2.11. The minimum atomic E-state index is -0.470. The van der Waals surface area contributed by atoms with Gasteiger partial charge in [0.05, 0.1) is 6.54 Å². The van der Waals surface area contributed by atoms with E-state index in [4.69, 9.17) is 14.8 Å². The molecule has 9 nitrogen and oxygen atoms in total. The molecule has 2 aromatic rings. The van der Waals surface area contributed by atoms with Crippen molar-refractivity contribution in [2.45, 2.75) is 19.4 Å². The molecule has 9 heteroatoms. The van der Waals surface area contributed by atoms with E-state index in [1.807, 2.05) is 0 Å². The zero-order chi connectivity index (χ0) is 16.1. The summed E-state index contributed by atoms with van der Waals surface area (Å²) in [6.45, 7) is 1.65. The number of carbonyl (C=O) groups excluding carboxylic acids is 1. The second-order valence-corrected chi connectivity index (χ2v) is 5.03. The number of benzene rings is 1. The van der Waals surface area contributed by atoms with Crippen LogP contribution in [0.4, 0.5) is 4.79 Å². The van der Waals surface area contributed by atoms with Crippen LogP contribution in [-0.4, -0.2) is 34.2 Å². The first-order valence-corrected chi connectivity index (χ1v) is 7.17. The highest BCUT2D eigenvalue weighted by atomic mass is 16.7. The normalized spacial score (nSPS) is 13.7. The van der Waals surface area contributed by atoms with Gasteiger partial charge in [-0.25, -0.2) is 4.79 Å². The average Bonchev–Trinajstić information content (AvgIpc) is 3.25. The number of aromatic nitrogens is 2. The Hall–Kier alpha value is -3.06. The lowest BCUT2D eigenvalue weighted by Crippen LogP contribution is -2.30. The van der Waals surface area contributed by atoms with Gasteiger partial charge in [0.2, 0.25) is 5.82 Å². The number of carbonyl (C=O) groups is 1. The maximum absolute atomic E-state index is 11.8. The number of rotatable bonds is 4. The molecule has 0 radical (unpaired) electrons. The predicted octanol–water partition coefficient (Wildman–Crippen LogP) is 3.14. The maximum Gasteiger partial charge on any atom is 0.426 e. The molecule has 2 heterocycles. The second kappa shape index (κ2) is 6.80. The number of likely N-dealkylation sites (tertiary alicyclic amines) is 1. The third-order valence-electron chi connectivity index (χ3n) is 3.47. The van der Waals surface area contributed by atoms with Crippen molar-refractivity contribution >= 4 is 6.09 Å². The molecule has 0 bridgehead atoms. The van der Waals surface area contributed by atoms with Gasteiger partial charge in [0.25, 0.3) is 0 Å². The van der Waals surface area contributed by atoms with Crippen LogP contribution >= 0.6 is 0 Å². The average molecular weight is 314 g/mol. The molecule has 1 aromatic carbocycles. The topological polar surface area (TPSA) is 117 Å². The third-order valence-corrected chi connectivity index (χ3v) is 3.47. The number of hydrogen-bond acceptors (Lipinski definition) is 6. The van der Waals surface area contributed by atoms with Gasteiger partial charge in [0.15, 0.2) is 0 Å². The summed E-state index contributed by atoms with van der Waals surface area (Å²) in [7, 11) is 0. The Kier molecular flexibility index (Phi) is 4.39. The number of hydrogen-bond donors (Lipinski definition) is 0. The van der Waals surface area contributed by atoms with Crippen LogP contribution in [-0.2, 0) is 6.54 Å². The smallest absolute Gasteiger partial charge is 0.359 e. The summed E-state index contributed by atoms with van der Waals surface area (Å²) in [5.41, 5.74) is 9.88. The van der Waals surface area contributed by atoms with Crippen molar-refractivity contribution in [2.75, 3.05) is 13.1 Å². The van der Waals surface area contributed by atoms with Gasteiger partial charge in [0.1, 0.15) is 0 Å². The number of ether oxygens (including phenoxy) is 1. The van der Waals surface area contributed by atoms with E-state index in [-0.39, 0.29) is 12.6 Å². The largest absolute Gasteiger partial charge is 0.426 e. The van der Waals surface area contributed by atoms with Crippen molar-refractivity contribution in [2.24, 2.45) is 5.11 Å². The summed E-state index contributed by atoms with van der Waals surface area (Å²) in [6.07, 6.45) is 1.32. The van der Waals surface area contributed by atoms with E-state index in [1.165, 1.54) is 0 Å². The van der Waals surface area contributed by atoms with E-state index < -0.39 is 6.09 Å². The van der Waals surface area contributed by atoms with Gasteiger partial charge < -0.3 is 9.64 Å². The zero-order valence-corrected chi connectivity index (χ0v) is 12.3. The molecule has 0 atom stereocenters. The number of amides is 1. The lowest BCUT2D eigenvalue weighted by atomic mass is 10.1. The summed E-state index contributed by atoms with van der Waals surface area (Å²) in [5, 5.41) is 7.28. The Balaban J connectivity index is 1.66. The maximum atomic E-state index is 11.8. The van der Waals surface area contributed by atoms with Crippen molar-refractivity contribution in [1.82, 2.24) is 15.0 Å². The monoisotopic (exact) mass is 314 g/mol. The fourth-order valence-corrected chi connectivity index (χ4v) is 2.28. The summed E-state index contributed by atoms with van der Waals surface area (Å²) in [4.78, 5) is 20.2. The first-order valence-electron chi connectivity index (χ1n) is 7.17. The highest BCUT2D eigenvalue weighted by Crippen LogP contribution is 2.20. The first kappa shape index (κ1) is 14.9. The number of azide groups is 1. The molecule has 0 aliphatic carbocycles. The zero-order valence-electron chi connectivity index (χ0n) is 12.3. The van der Waals surface area contributed by atoms with Crippen LogP contribution in [0.5, 0.6) is 6.08 Å². The Morgan fingerprint density at radius 2 is 2.09 bits per heavy atom. The minimum absolute atomic E-state index is 0.171. The van der Waals surface area contributed by atoms with E-state index in [1.54, 1.807) is 29.2 Å². The molecule has 1 aliphatic rings. The van der Waals surface area contributed by atoms with Crippen LogP contribution in [0.25, 0.3) is 21.8 Å². The summed E-state index contributed by atoms with van der Waals surface area (Å²) >= 11 is 0. The van der Waals surface area contributed by atoms with Crippen LogP contribution < -0.4 is 4.74 Å². The summed E-state index contributed by atoms with van der Waals surface area (Å²) < 4.78 is 10.0. The molecule has 1 saturated heterocycles. The molecule has 0 N–H and O–H groups in total. The molecular formula is C14H14N6O3. The van der Waals surface area contributed by atoms with Gasteiger partial charge in [-0.3, -0.25) is 4.52 Å². The molecule has 1 amide bonds. The fourth-order valence-electron chi connectivity index (χ4n) is 2.28. The molecule has 1 fully saturated rings. The van der Waals surface area contributed by atoms with E-state index in [9.17, 15) is 4.79 Å². The Bertz CT molecular complexity index is 729. The van der Waals surface area contributed by atoms with Gasteiger partial charge in [0, 0.05) is 23.6 Å². The molecule has 23 heavy (non-hydrogen) atoms. The molecule has 118 valence electrons. The lowest BCUT2D eigenvalue weighted by molar-refractivity contribution is 0.142. The third kappa shape index (κ3) is 3.58. The second-order valence-electron chi connectivity index (χ2n) is 5.03. The van der Waals surface area contributed by atoms with Crippen molar-refractivity contribution in [1.29, 1.82) is 0 Å². The van der Waals surface area contributed by atoms with Crippen molar-refractivity contribution in [3.63, 3.8) is 0 Å². The minimum Gasteiger partial charge on any atom is -0.359 e. The quantitative estimate of drug-likeness (QED) is 0.488. The van der Waals surface area contributed by atoms with Crippen molar-refractivity contribution in [3.8, 4) is 17.5 Å². The Morgan fingerprint density at radius 1 is 1.35 bits per heavy atom. The van der Waals surface area contributed by atoms with Gasteiger partial charge in [-0.05, 0) is 23.9 Å². The molecule has 1 aromatic heterocycles. The van der Waals surface area contributed by atoms with Crippen molar-refractivity contribution in [3.05, 3.63) is 40.3 Å². The van der Waals surface area contributed by atoms with E-state index >= 15 is 0 Å². The standard InChI is InChI=1S/C14H14N6O3/c15-19-16-9-10-3-5-11(6-4-10)12-17-13(23-18-12)22-14(21)20-7-1-2-8-20/h3-6H,1-2,7-9H2. The van der Waals surface area contributed by atoms with Crippen LogP contribution in [0, 0.1) is 0 Å². The van der Waals surface area contributed by atoms with Crippen LogP contribution in [0.15, 0.2) is 33.9 Å². The molecule has 0 saturated carbocycles. The summed E-state index contributed by atoms with van der Waals surface area (Å²) in [5.74, 6) is 0.324. The first-order chi connectivity index (χ1) is 11.3. The molecule has 0 spiro atoms. The molecule has 1 aliphatic heterocycles. The summed E-state index contributed by atoms with van der Waals surface area (Å²) in [6, 6.07) is 7.16.